The summed E-state index contributed by atoms with van der Waals surface area (Å²) in [5, 5.41) is 13.2. The number of nitrogens with one attached hydrogen (secondary N) is 3. The fourth-order valence-electron chi connectivity index (χ4n) is 11.1. The van der Waals surface area contributed by atoms with Gasteiger partial charge in [0.05, 0.1) is 17.2 Å². The average molecular weight is 677 g/mol. The first-order valence-corrected chi connectivity index (χ1v) is 18.5. The van der Waals surface area contributed by atoms with Gasteiger partial charge in [0, 0.05) is 74.4 Å². The second-order valence-electron chi connectivity index (χ2n) is 16.2. The zero-order chi connectivity index (χ0) is 34.9. The van der Waals surface area contributed by atoms with E-state index in [0.717, 1.165) is 84.2 Å². The molecule has 5 N–H and O–H groups in total. The summed E-state index contributed by atoms with van der Waals surface area (Å²) < 4.78 is 0. The number of pyridine rings is 2. The minimum absolute atomic E-state index is 0.0863. The van der Waals surface area contributed by atoms with E-state index in [0.29, 0.717) is 39.8 Å². The van der Waals surface area contributed by atoms with Crippen molar-refractivity contribution >= 4 is 29.5 Å². The molecule has 8 rings (SSSR count). The summed E-state index contributed by atoms with van der Waals surface area (Å²) in [4.78, 5) is 51.4. The van der Waals surface area contributed by atoms with Crippen molar-refractivity contribution in [1.29, 1.82) is 5.41 Å². The second kappa shape index (κ2) is 12.2. The third-order valence-corrected chi connectivity index (χ3v) is 13.2. The molecule has 10 heteroatoms. The average Bonchev–Trinajstić information content (AvgIpc) is 3.05. The highest BCUT2D eigenvalue weighted by atomic mass is 16.2. The summed E-state index contributed by atoms with van der Waals surface area (Å²) in [5.41, 5.74) is 6.52. The lowest BCUT2D eigenvalue weighted by atomic mass is 9.13. The van der Waals surface area contributed by atoms with E-state index in [1.807, 2.05) is 50.4 Å². The van der Waals surface area contributed by atoms with Crippen molar-refractivity contribution in [2.24, 2.45) is 28.6 Å². The summed E-state index contributed by atoms with van der Waals surface area (Å²) >= 11 is 0. The van der Waals surface area contributed by atoms with Crippen molar-refractivity contribution in [3.05, 3.63) is 74.8 Å². The Kier molecular flexibility index (Phi) is 8.01. The number of piperazine rings is 1. The van der Waals surface area contributed by atoms with Crippen molar-refractivity contribution in [3.63, 3.8) is 0 Å². The normalized spacial score (nSPS) is 27.3. The highest BCUT2D eigenvalue weighted by Gasteiger charge is 2.86. The van der Waals surface area contributed by atoms with Gasteiger partial charge in [-0.25, -0.2) is 4.98 Å². The summed E-state index contributed by atoms with van der Waals surface area (Å²) in [6, 6.07) is 9.95. The Hall–Kier alpha value is -4.31. The molecule has 0 bridgehead atoms. The Balaban J connectivity index is 0.925. The first-order valence-electron chi connectivity index (χ1n) is 18.5. The van der Waals surface area contributed by atoms with Gasteiger partial charge >= 0.3 is 0 Å². The summed E-state index contributed by atoms with van der Waals surface area (Å²) in [5.74, 6) is 3.84. The van der Waals surface area contributed by atoms with E-state index in [2.05, 4.69) is 39.3 Å². The quantitative estimate of drug-likeness (QED) is 0.176. The number of amides is 2. The predicted molar refractivity (Wildman–Crippen MR) is 194 cm³/mol. The largest absolute Gasteiger partial charge is 0.353 e. The molecular weight excluding hydrogens is 626 g/mol. The van der Waals surface area contributed by atoms with E-state index in [1.165, 1.54) is 31.9 Å². The number of benzene rings is 1. The molecule has 1 spiro atoms. The maximum atomic E-state index is 13.6. The van der Waals surface area contributed by atoms with Gasteiger partial charge in [-0.3, -0.25) is 14.4 Å². The van der Waals surface area contributed by atoms with Gasteiger partial charge in [0.1, 0.15) is 11.5 Å². The van der Waals surface area contributed by atoms with Gasteiger partial charge in [-0.1, -0.05) is 0 Å². The summed E-state index contributed by atoms with van der Waals surface area (Å²) in [6.07, 6.45) is 10.6. The number of aromatic nitrogens is 2. The molecule has 2 amide bonds. The summed E-state index contributed by atoms with van der Waals surface area (Å²) in [6.45, 7) is 10.9. The number of aromatic amines is 1. The Morgan fingerprint density at radius 2 is 1.80 bits per heavy atom. The van der Waals surface area contributed by atoms with Crippen LogP contribution in [0.25, 0.3) is 11.1 Å². The van der Waals surface area contributed by atoms with Gasteiger partial charge in [-0.15, -0.1) is 0 Å². The number of hydrogen-bond acceptors (Lipinski definition) is 6. The molecule has 2 atom stereocenters. The van der Waals surface area contributed by atoms with Crippen LogP contribution in [0.1, 0.15) is 85.1 Å². The van der Waals surface area contributed by atoms with E-state index < -0.39 is 0 Å². The Morgan fingerprint density at radius 1 is 1.06 bits per heavy atom. The number of aryl methyl sites for hydroxylation is 2. The Labute approximate surface area is 294 Å². The fourth-order valence-corrected chi connectivity index (χ4v) is 11.1. The van der Waals surface area contributed by atoms with E-state index in [4.69, 9.17) is 10.4 Å². The van der Waals surface area contributed by atoms with Gasteiger partial charge in [0.25, 0.3) is 11.5 Å². The number of nitrogens with two attached hydrogens (primary N) is 1. The molecule has 5 aliphatic rings. The lowest BCUT2D eigenvalue weighted by Crippen LogP contribution is -2.85. The molecule has 3 aromatic rings. The zero-order valence-corrected chi connectivity index (χ0v) is 29.8. The Bertz CT molecular complexity index is 1900. The fraction of sp³-hybridized carbons (Fsp3) is 0.525. The zero-order valence-electron chi connectivity index (χ0n) is 29.8. The van der Waals surface area contributed by atoms with Gasteiger partial charge in [-0.05, 0) is 124 Å². The molecule has 50 heavy (non-hydrogen) atoms. The van der Waals surface area contributed by atoms with E-state index in [9.17, 15) is 14.4 Å². The third-order valence-electron chi connectivity index (χ3n) is 13.2. The van der Waals surface area contributed by atoms with Crippen molar-refractivity contribution < 1.29 is 14.9 Å². The number of carbonyl (C=O) groups excluding carboxylic acids is 2. The van der Waals surface area contributed by atoms with Crippen LogP contribution >= 0.6 is 0 Å². The van der Waals surface area contributed by atoms with Crippen LogP contribution in [0.3, 0.4) is 0 Å². The lowest BCUT2D eigenvalue weighted by Gasteiger charge is -2.91. The highest BCUT2D eigenvalue weighted by Crippen LogP contribution is 2.93. The number of H-pyrrole nitrogens is 1. The third kappa shape index (κ3) is 5.04. The summed E-state index contributed by atoms with van der Waals surface area (Å²) in [7, 11) is 0. The molecule has 0 radical (unpaired) electrons. The number of quaternary nitrogens is 1. The van der Waals surface area contributed by atoms with Crippen LogP contribution in [-0.4, -0.2) is 65.1 Å². The van der Waals surface area contributed by atoms with Crippen LogP contribution in [0.15, 0.2) is 41.3 Å². The molecule has 2 unspecified atom stereocenters. The molecule has 10 nitrogen and oxygen atoms in total. The van der Waals surface area contributed by atoms with Crippen molar-refractivity contribution in [2.45, 2.75) is 78.8 Å². The molecule has 1 aliphatic heterocycles. The SMILES string of the molecule is Cc1cc(C)c(CNC(=O)c2cc(-c3ccc(N4CCN(C(=O)CCC56CC7CC8CC(C5)C876)CC4)nc3)cc([NH2+]C(C)C)c2C=N)c(=O)[nH]1. The van der Waals surface area contributed by atoms with Gasteiger partial charge < -0.3 is 30.8 Å². The topological polar surface area (TPSA) is 139 Å². The number of anilines is 1. The van der Waals surface area contributed by atoms with Crippen LogP contribution in [0.5, 0.6) is 0 Å². The number of carbonyl (C=O) groups is 2. The number of rotatable bonds is 11. The molecule has 1 aromatic carbocycles. The minimum atomic E-state index is -0.344. The number of nitrogens with zero attached hydrogens (tertiary/aromatic N) is 3. The van der Waals surface area contributed by atoms with Gasteiger partial charge in [0.2, 0.25) is 5.91 Å². The number of hydrogen-bond donors (Lipinski definition) is 4. The van der Waals surface area contributed by atoms with Gasteiger partial charge in [-0.2, -0.15) is 0 Å². The smallest absolute Gasteiger partial charge is 0.253 e. The Morgan fingerprint density at radius 3 is 2.40 bits per heavy atom. The molecular formula is C40H50N7O3+. The standard InChI is InChI=1S/C40H49N7O3/c1-23(2)44-34-15-27(14-31(32(34)20-41)37(49)43-22-33-24(3)13-25(4)45-38(33)50)26-5-6-35(42-21-26)46-9-11-47(12-10-46)36(48)7-8-39-18-29-16-28-17-30(19-39)40(28,29)39/h5-6,13-15,20-21,23,28-30,41,44H,7-12,16-19,22H2,1-4H3,(H,43,49)(H,45,50)/p+1. The molecule has 1 saturated heterocycles. The monoisotopic (exact) mass is 676 g/mol. The maximum Gasteiger partial charge on any atom is 0.253 e. The van der Waals surface area contributed by atoms with Crippen molar-refractivity contribution in [2.75, 3.05) is 31.1 Å². The molecule has 262 valence electrons. The van der Waals surface area contributed by atoms with E-state index in [1.54, 1.807) is 0 Å². The van der Waals surface area contributed by atoms with E-state index >= 15 is 0 Å². The molecule has 4 aliphatic carbocycles. The van der Waals surface area contributed by atoms with Crippen LogP contribution < -0.4 is 21.1 Å². The molecule has 2 aromatic heterocycles. The highest BCUT2D eigenvalue weighted by molar-refractivity contribution is 6.05. The molecule has 4 saturated carbocycles. The first kappa shape index (κ1) is 32.9. The second-order valence-corrected chi connectivity index (χ2v) is 16.2. The maximum absolute atomic E-state index is 13.6. The molecule has 3 heterocycles. The molecule has 5 fully saturated rings. The minimum Gasteiger partial charge on any atom is -0.353 e. The van der Waals surface area contributed by atoms with Crippen molar-refractivity contribution in [1.82, 2.24) is 20.2 Å². The lowest BCUT2D eigenvalue weighted by molar-refractivity contribution is -0.603. The van der Waals surface area contributed by atoms with Crippen molar-refractivity contribution in [3.8, 4) is 11.1 Å². The van der Waals surface area contributed by atoms with Gasteiger partial charge in [0.15, 0.2) is 0 Å². The first-order chi connectivity index (χ1) is 24.0. The van der Waals surface area contributed by atoms with Crippen LogP contribution in [-0.2, 0) is 11.3 Å². The predicted octanol–water partition coefficient (Wildman–Crippen LogP) is 4.45. The van der Waals surface area contributed by atoms with Crippen LogP contribution in [0.2, 0.25) is 0 Å². The van der Waals surface area contributed by atoms with E-state index in [-0.39, 0.29) is 24.1 Å². The van der Waals surface area contributed by atoms with Crippen LogP contribution in [0, 0.1) is 47.8 Å². The van der Waals surface area contributed by atoms with Crippen LogP contribution in [0.4, 0.5) is 11.5 Å².